The summed E-state index contributed by atoms with van der Waals surface area (Å²) in [6, 6.07) is 2.00. The smallest absolute Gasteiger partial charge is 0.331 e. The molecule has 0 atom stereocenters. The Kier molecular flexibility index (Phi) is 5.69. The van der Waals surface area contributed by atoms with Gasteiger partial charge in [0.25, 0.3) is 0 Å². The molecule has 3 rings (SSSR count). The Morgan fingerprint density at radius 1 is 1.32 bits per heavy atom. The highest BCUT2D eigenvalue weighted by Crippen LogP contribution is 2.23. The lowest BCUT2D eigenvalue weighted by molar-refractivity contribution is -0.139. The van der Waals surface area contributed by atoms with Crippen LogP contribution in [0.15, 0.2) is 23.7 Å². The van der Waals surface area contributed by atoms with Gasteiger partial charge in [-0.05, 0) is 31.6 Å². The second-order valence-corrected chi connectivity index (χ2v) is 7.09. The lowest BCUT2D eigenvalue weighted by atomic mass is 10.2. The van der Waals surface area contributed by atoms with Gasteiger partial charge in [0.15, 0.2) is 17.6 Å². The van der Waals surface area contributed by atoms with E-state index in [1.807, 2.05) is 29.9 Å². The number of nitrogen functional groups attached to an aromatic ring is 1. The summed E-state index contributed by atoms with van der Waals surface area (Å²) in [7, 11) is 3.57. The van der Waals surface area contributed by atoms with Crippen molar-refractivity contribution in [2.45, 2.75) is 20.5 Å². The molecule has 0 spiro atoms. The third kappa shape index (κ3) is 4.34. The topological polar surface area (TPSA) is 112 Å². The maximum Gasteiger partial charge on any atom is 0.331 e. The average Bonchev–Trinajstić information content (AvgIpc) is 3.25. The van der Waals surface area contributed by atoms with Crippen LogP contribution in [0.4, 0.5) is 11.9 Å². The van der Waals surface area contributed by atoms with Gasteiger partial charge in [-0.3, -0.25) is 4.57 Å². The van der Waals surface area contributed by atoms with E-state index < -0.39 is 5.97 Å². The van der Waals surface area contributed by atoms with E-state index in [1.54, 1.807) is 42.6 Å². The number of aromatic nitrogens is 5. The van der Waals surface area contributed by atoms with E-state index in [2.05, 4.69) is 19.9 Å². The molecule has 9 nitrogen and oxygen atoms in total. The van der Waals surface area contributed by atoms with Crippen LogP contribution in [0.2, 0.25) is 0 Å². The summed E-state index contributed by atoms with van der Waals surface area (Å²) in [5, 5.41) is 2.82. The molecule has 0 fully saturated rings. The van der Waals surface area contributed by atoms with Crippen molar-refractivity contribution in [2.75, 3.05) is 24.7 Å². The van der Waals surface area contributed by atoms with Crippen molar-refractivity contribution in [3.63, 3.8) is 0 Å². The van der Waals surface area contributed by atoms with Gasteiger partial charge in [-0.1, -0.05) is 0 Å². The summed E-state index contributed by atoms with van der Waals surface area (Å²) in [6.07, 6.45) is 4.87. The number of nitrogens with two attached hydrogens (primary N) is 1. The van der Waals surface area contributed by atoms with Crippen LogP contribution in [-0.2, 0) is 16.1 Å². The highest BCUT2D eigenvalue weighted by molar-refractivity contribution is 7.12. The Morgan fingerprint density at radius 2 is 2.11 bits per heavy atom. The van der Waals surface area contributed by atoms with Crippen molar-refractivity contribution in [3.05, 3.63) is 46.5 Å². The second kappa shape index (κ2) is 8.17. The molecular formula is C18H21N7O2S. The van der Waals surface area contributed by atoms with Crippen LogP contribution < -0.4 is 10.6 Å². The first-order valence-corrected chi connectivity index (χ1v) is 9.34. The fraction of sp³-hybridized carbons (Fsp3) is 0.278. The molecular weight excluding hydrogens is 378 g/mol. The van der Waals surface area contributed by atoms with Crippen molar-refractivity contribution in [1.82, 2.24) is 24.5 Å². The molecule has 0 aliphatic rings. The number of anilines is 2. The summed E-state index contributed by atoms with van der Waals surface area (Å²) in [5.41, 5.74) is 8.62. The molecule has 10 heteroatoms. The zero-order valence-corrected chi connectivity index (χ0v) is 16.9. The first kappa shape index (κ1) is 19.5. The highest BCUT2D eigenvalue weighted by Gasteiger charge is 2.11. The maximum absolute atomic E-state index is 12.1. The van der Waals surface area contributed by atoms with E-state index >= 15 is 0 Å². The van der Waals surface area contributed by atoms with E-state index in [0.29, 0.717) is 11.8 Å². The molecule has 2 N–H and O–H groups in total. The summed E-state index contributed by atoms with van der Waals surface area (Å²) >= 11 is 1.56. The molecule has 3 heterocycles. The zero-order valence-electron chi connectivity index (χ0n) is 16.1. The molecule has 0 saturated carbocycles. The predicted octanol–water partition coefficient (Wildman–Crippen LogP) is 2.14. The van der Waals surface area contributed by atoms with Gasteiger partial charge >= 0.3 is 5.97 Å². The van der Waals surface area contributed by atoms with Gasteiger partial charge in [0.05, 0.1) is 0 Å². The minimum atomic E-state index is -0.496. The van der Waals surface area contributed by atoms with Gasteiger partial charge in [-0.15, -0.1) is 11.3 Å². The lowest BCUT2D eigenvalue weighted by Gasteiger charge is -2.11. The number of thiazole rings is 1. The lowest BCUT2D eigenvalue weighted by Crippen LogP contribution is -2.17. The number of hydrogen-bond acceptors (Lipinski definition) is 9. The quantitative estimate of drug-likeness (QED) is 0.496. The molecule has 0 aromatic carbocycles. The maximum atomic E-state index is 12.1. The van der Waals surface area contributed by atoms with Crippen LogP contribution >= 0.6 is 11.3 Å². The molecule has 28 heavy (non-hydrogen) atoms. The Balaban J connectivity index is 1.67. The zero-order chi connectivity index (χ0) is 20.3. The number of hydrogen-bond donors (Lipinski definition) is 1. The minimum absolute atomic E-state index is 0.0786. The Hall–Kier alpha value is -3.27. The number of nitrogens with zero attached hydrogens (tertiary/aromatic N) is 6. The van der Waals surface area contributed by atoms with Crippen LogP contribution in [0.25, 0.3) is 11.2 Å². The first-order valence-electron chi connectivity index (χ1n) is 8.46. The van der Waals surface area contributed by atoms with E-state index in [1.165, 1.54) is 6.08 Å². The minimum Gasteiger partial charge on any atom is -0.454 e. The molecule has 0 bridgehead atoms. The van der Waals surface area contributed by atoms with Crippen LogP contribution in [-0.4, -0.2) is 44.6 Å². The molecule has 3 aromatic rings. The number of rotatable bonds is 6. The SMILES string of the molecule is Cc1cc(/C=C/C(=O)OCc2nc(N)nc(N(C)C)n2)c(C)n1-c1nccs1. The third-order valence-corrected chi connectivity index (χ3v) is 4.67. The van der Waals surface area contributed by atoms with Crippen LogP contribution in [0.1, 0.15) is 22.8 Å². The van der Waals surface area contributed by atoms with Gasteiger partial charge in [0.2, 0.25) is 11.9 Å². The number of carbonyl (C=O) groups is 1. The fourth-order valence-electron chi connectivity index (χ4n) is 2.61. The number of ether oxygens (including phenoxy) is 1. The highest BCUT2D eigenvalue weighted by atomic mass is 32.1. The Labute approximate surface area is 166 Å². The monoisotopic (exact) mass is 399 g/mol. The van der Waals surface area contributed by atoms with E-state index in [9.17, 15) is 4.79 Å². The summed E-state index contributed by atoms with van der Waals surface area (Å²) in [5.74, 6) is 0.281. The van der Waals surface area contributed by atoms with Crippen molar-refractivity contribution >= 4 is 35.3 Å². The molecule has 0 amide bonds. The van der Waals surface area contributed by atoms with Crippen molar-refractivity contribution in [1.29, 1.82) is 0 Å². The fourth-order valence-corrected chi connectivity index (χ4v) is 3.36. The second-order valence-electron chi connectivity index (χ2n) is 6.22. The van der Waals surface area contributed by atoms with Crippen LogP contribution in [0.5, 0.6) is 0 Å². The number of aryl methyl sites for hydroxylation is 1. The normalized spacial score (nSPS) is 11.1. The Morgan fingerprint density at radius 3 is 2.79 bits per heavy atom. The molecule has 0 unspecified atom stereocenters. The molecule has 3 aromatic heterocycles. The van der Waals surface area contributed by atoms with Crippen LogP contribution in [0.3, 0.4) is 0 Å². The molecule has 0 aliphatic carbocycles. The largest absolute Gasteiger partial charge is 0.454 e. The molecule has 0 saturated heterocycles. The molecule has 0 aliphatic heterocycles. The van der Waals surface area contributed by atoms with Crippen molar-refractivity contribution < 1.29 is 9.53 Å². The summed E-state index contributed by atoms with van der Waals surface area (Å²) < 4.78 is 7.27. The number of carbonyl (C=O) groups excluding carboxylic acids is 1. The summed E-state index contributed by atoms with van der Waals surface area (Å²) in [6.45, 7) is 3.89. The van der Waals surface area contributed by atoms with E-state index in [-0.39, 0.29) is 12.6 Å². The van der Waals surface area contributed by atoms with Gasteiger partial charge in [-0.2, -0.15) is 15.0 Å². The van der Waals surface area contributed by atoms with Crippen LogP contribution in [0, 0.1) is 13.8 Å². The van der Waals surface area contributed by atoms with Gasteiger partial charge in [0.1, 0.15) is 0 Å². The molecule has 0 radical (unpaired) electrons. The molecule has 146 valence electrons. The first-order chi connectivity index (χ1) is 13.3. The van der Waals surface area contributed by atoms with Crippen molar-refractivity contribution in [2.24, 2.45) is 0 Å². The van der Waals surface area contributed by atoms with E-state index in [0.717, 1.165) is 22.1 Å². The predicted molar refractivity (Wildman–Crippen MR) is 108 cm³/mol. The van der Waals surface area contributed by atoms with Gasteiger partial charge in [0, 0.05) is 43.1 Å². The standard InChI is InChI=1S/C18H21N7O2S/c1-11-9-13(12(2)25(11)18-20-7-8-28-18)5-6-15(26)27-10-14-21-16(19)23-17(22-14)24(3)4/h5-9H,10H2,1-4H3,(H2,19,21,22,23)/b6-5+. The van der Waals surface area contributed by atoms with Crippen molar-refractivity contribution in [3.8, 4) is 5.13 Å². The summed E-state index contributed by atoms with van der Waals surface area (Å²) in [4.78, 5) is 30.3. The van der Waals surface area contributed by atoms with Gasteiger partial charge < -0.3 is 15.4 Å². The van der Waals surface area contributed by atoms with Gasteiger partial charge in [-0.25, -0.2) is 9.78 Å². The Bertz CT molecular complexity index is 1010. The average molecular weight is 399 g/mol. The third-order valence-electron chi connectivity index (χ3n) is 3.91. The van der Waals surface area contributed by atoms with E-state index in [4.69, 9.17) is 10.5 Å². The number of esters is 1.